The van der Waals surface area contributed by atoms with Crippen molar-refractivity contribution < 1.29 is 4.79 Å². The van der Waals surface area contributed by atoms with Crippen molar-refractivity contribution >= 4 is 17.2 Å². The predicted octanol–water partition coefficient (Wildman–Crippen LogP) is 1.86. The Morgan fingerprint density at radius 2 is 2.24 bits per heavy atom. The Bertz CT molecular complexity index is 747. The minimum absolute atomic E-state index is 0.210. The van der Waals surface area contributed by atoms with Crippen LogP contribution in [0.15, 0.2) is 35.7 Å². The molecule has 104 valence electrons. The molecular weight excluding hydrogens is 282 g/mol. The van der Waals surface area contributed by atoms with Gasteiger partial charge in [-0.3, -0.25) is 4.79 Å². The third-order valence-corrected chi connectivity index (χ3v) is 3.65. The number of nitrogens with zero attached hydrogens (tertiary/aromatic N) is 1. The first-order valence-corrected chi connectivity index (χ1v) is 7.16. The number of amides is 1. The largest absolute Gasteiger partial charge is 0.347 e. The number of rotatable bonds is 3. The number of nitrogens with two attached hydrogens (primary N) is 1. The fraction of sp³-hybridized carbons (Fsp3) is 0.125. The lowest BCUT2D eigenvalue weighted by Gasteiger charge is -2.04. The highest BCUT2D eigenvalue weighted by atomic mass is 32.1. The van der Waals surface area contributed by atoms with Crippen LogP contribution in [-0.4, -0.2) is 12.5 Å². The molecular formula is C16H13N3OS. The summed E-state index contributed by atoms with van der Waals surface area (Å²) < 4.78 is 0. The van der Waals surface area contributed by atoms with E-state index in [0.717, 1.165) is 10.4 Å². The first-order chi connectivity index (χ1) is 10.2. The fourth-order valence-electron chi connectivity index (χ4n) is 1.73. The normalized spacial score (nSPS) is 9.33. The minimum atomic E-state index is -0.210. The van der Waals surface area contributed by atoms with E-state index >= 15 is 0 Å². The SMILES string of the molecule is N#Cc1cccc(C(=O)NCc2sccc2C#CCN)c1. The van der Waals surface area contributed by atoms with Crippen molar-refractivity contribution in [3.8, 4) is 17.9 Å². The smallest absolute Gasteiger partial charge is 0.251 e. The van der Waals surface area contributed by atoms with Crippen LogP contribution >= 0.6 is 11.3 Å². The number of benzene rings is 1. The topological polar surface area (TPSA) is 78.9 Å². The highest BCUT2D eigenvalue weighted by Crippen LogP contribution is 2.15. The number of thiophene rings is 1. The van der Waals surface area contributed by atoms with Crippen molar-refractivity contribution in [2.24, 2.45) is 5.73 Å². The van der Waals surface area contributed by atoms with Crippen LogP contribution in [0.2, 0.25) is 0 Å². The standard InChI is InChI=1S/C16H13N3OS/c17-7-2-5-13-6-8-21-15(13)11-19-16(20)14-4-1-3-12(9-14)10-18/h1,3-4,6,8-9H,7,11,17H2,(H,19,20). The van der Waals surface area contributed by atoms with Gasteiger partial charge in [-0.05, 0) is 29.6 Å². The van der Waals surface area contributed by atoms with Gasteiger partial charge in [-0.1, -0.05) is 17.9 Å². The average Bonchev–Trinajstić information content (AvgIpc) is 2.98. The number of hydrogen-bond donors (Lipinski definition) is 2. The third kappa shape index (κ3) is 3.93. The van der Waals surface area contributed by atoms with Gasteiger partial charge in [-0.2, -0.15) is 5.26 Å². The summed E-state index contributed by atoms with van der Waals surface area (Å²) in [5.74, 6) is 5.57. The van der Waals surface area contributed by atoms with Crippen LogP contribution in [0.4, 0.5) is 0 Å². The summed E-state index contributed by atoms with van der Waals surface area (Å²) in [5, 5.41) is 13.6. The molecule has 0 aliphatic rings. The Morgan fingerprint density at radius 1 is 1.38 bits per heavy atom. The minimum Gasteiger partial charge on any atom is -0.347 e. The molecule has 0 saturated carbocycles. The van der Waals surface area contributed by atoms with Crippen LogP contribution in [0.3, 0.4) is 0 Å². The second-order valence-electron chi connectivity index (χ2n) is 4.14. The zero-order chi connectivity index (χ0) is 15.1. The summed E-state index contributed by atoms with van der Waals surface area (Å²) in [5.41, 5.74) is 7.18. The molecule has 0 saturated heterocycles. The Kier molecular flexibility index (Phi) is 5.11. The molecule has 21 heavy (non-hydrogen) atoms. The fourth-order valence-corrected chi connectivity index (χ4v) is 2.50. The van der Waals surface area contributed by atoms with Crippen molar-refractivity contribution in [3.05, 3.63) is 57.3 Å². The molecule has 1 amide bonds. The maximum atomic E-state index is 12.1. The van der Waals surface area contributed by atoms with Crippen molar-refractivity contribution in [2.75, 3.05) is 6.54 Å². The van der Waals surface area contributed by atoms with Gasteiger partial charge >= 0.3 is 0 Å². The molecule has 0 bridgehead atoms. The van der Waals surface area contributed by atoms with Crippen LogP contribution < -0.4 is 11.1 Å². The van der Waals surface area contributed by atoms with E-state index in [0.29, 0.717) is 24.2 Å². The van der Waals surface area contributed by atoms with E-state index in [1.165, 1.54) is 11.3 Å². The Labute approximate surface area is 127 Å². The molecule has 0 radical (unpaired) electrons. The first kappa shape index (κ1) is 14.8. The van der Waals surface area contributed by atoms with E-state index < -0.39 is 0 Å². The second kappa shape index (κ2) is 7.25. The van der Waals surface area contributed by atoms with E-state index in [1.54, 1.807) is 24.3 Å². The van der Waals surface area contributed by atoms with Crippen molar-refractivity contribution in [3.63, 3.8) is 0 Å². The van der Waals surface area contributed by atoms with E-state index in [-0.39, 0.29) is 5.91 Å². The maximum absolute atomic E-state index is 12.1. The molecule has 1 aromatic carbocycles. The lowest BCUT2D eigenvalue weighted by Crippen LogP contribution is -2.22. The molecule has 1 heterocycles. The van der Waals surface area contributed by atoms with Gasteiger partial charge in [0.2, 0.25) is 0 Å². The molecule has 5 heteroatoms. The number of carbonyl (C=O) groups excluding carboxylic acids is 1. The molecule has 2 rings (SSSR count). The van der Waals surface area contributed by atoms with Crippen molar-refractivity contribution in [1.29, 1.82) is 5.26 Å². The zero-order valence-corrected chi connectivity index (χ0v) is 12.0. The lowest BCUT2D eigenvalue weighted by molar-refractivity contribution is 0.0951. The van der Waals surface area contributed by atoms with E-state index in [9.17, 15) is 4.79 Å². The van der Waals surface area contributed by atoms with Gasteiger partial charge in [-0.25, -0.2) is 0 Å². The Hall–Kier alpha value is -2.60. The summed E-state index contributed by atoms with van der Waals surface area (Å²) >= 11 is 1.53. The molecule has 0 atom stereocenters. The molecule has 0 aliphatic carbocycles. The molecule has 4 nitrogen and oxygen atoms in total. The van der Waals surface area contributed by atoms with Crippen LogP contribution in [0.5, 0.6) is 0 Å². The molecule has 3 N–H and O–H groups in total. The second-order valence-corrected chi connectivity index (χ2v) is 5.14. The van der Waals surface area contributed by atoms with Gasteiger partial charge in [0.15, 0.2) is 0 Å². The molecule has 0 unspecified atom stereocenters. The third-order valence-electron chi connectivity index (χ3n) is 2.73. The number of carbonyl (C=O) groups is 1. The highest BCUT2D eigenvalue weighted by molar-refractivity contribution is 7.10. The van der Waals surface area contributed by atoms with Crippen LogP contribution in [-0.2, 0) is 6.54 Å². The van der Waals surface area contributed by atoms with Gasteiger partial charge < -0.3 is 11.1 Å². The number of nitriles is 1. The number of hydrogen-bond acceptors (Lipinski definition) is 4. The summed E-state index contributed by atoms with van der Waals surface area (Å²) in [6, 6.07) is 10.5. The molecule has 0 fully saturated rings. The van der Waals surface area contributed by atoms with Gasteiger partial charge in [-0.15, -0.1) is 11.3 Å². The summed E-state index contributed by atoms with van der Waals surface area (Å²) in [6.45, 7) is 0.713. The molecule has 2 aromatic rings. The van der Waals surface area contributed by atoms with E-state index in [4.69, 9.17) is 11.0 Å². The molecule has 0 aliphatic heterocycles. The average molecular weight is 295 g/mol. The summed E-state index contributed by atoms with van der Waals surface area (Å²) in [4.78, 5) is 13.0. The van der Waals surface area contributed by atoms with Gasteiger partial charge in [0.25, 0.3) is 5.91 Å². The molecule has 0 spiro atoms. The Morgan fingerprint density at radius 3 is 3.00 bits per heavy atom. The highest BCUT2D eigenvalue weighted by Gasteiger charge is 2.08. The quantitative estimate of drug-likeness (QED) is 0.848. The molecule has 1 aromatic heterocycles. The lowest BCUT2D eigenvalue weighted by atomic mass is 10.1. The van der Waals surface area contributed by atoms with Gasteiger partial charge in [0.1, 0.15) is 0 Å². The van der Waals surface area contributed by atoms with Crippen molar-refractivity contribution in [2.45, 2.75) is 6.54 Å². The van der Waals surface area contributed by atoms with Gasteiger partial charge in [0.05, 0.1) is 24.7 Å². The van der Waals surface area contributed by atoms with E-state index in [1.807, 2.05) is 17.5 Å². The predicted molar refractivity (Wildman–Crippen MR) is 82.6 cm³/mol. The summed E-state index contributed by atoms with van der Waals surface area (Å²) in [7, 11) is 0. The van der Waals surface area contributed by atoms with Crippen molar-refractivity contribution in [1.82, 2.24) is 5.32 Å². The van der Waals surface area contributed by atoms with Crippen LogP contribution in [0, 0.1) is 23.2 Å². The number of nitrogens with one attached hydrogen (secondary N) is 1. The maximum Gasteiger partial charge on any atom is 0.251 e. The van der Waals surface area contributed by atoms with Crippen LogP contribution in [0.25, 0.3) is 0 Å². The Balaban J connectivity index is 2.04. The van der Waals surface area contributed by atoms with Crippen LogP contribution in [0.1, 0.15) is 26.4 Å². The van der Waals surface area contributed by atoms with Gasteiger partial charge in [0, 0.05) is 16.0 Å². The first-order valence-electron chi connectivity index (χ1n) is 6.28. The van der Waals surface area contributed by atoms with E-state index in [2.05, 4.69) is 17.2 Å². The zero-order valence-electron chi connectivity index (χ0n) is 11.2. The summed E-state index contributed by atoms with van der Waals surface area (Å²) in [6.07, 6.45) is 0. The monoisotopic (exact) mass is 295 g/mol.